The van der Waals surface area contributed by atoms with Gasteiger partial charge in [-0.25, -0.2) is 0 Å². The summed E-state index contributed by atoms with van der Waals surface area (Å²) >= 11 is 0. The van der Waals surface area contributed by atoms with Crippen molar-refractivity contribution >= 4 is 69.9 Å². The van der Waals surface area contributed by atoms with Crippen LogP contribution in [-0.2, 0) is 29.8 Å². The van der Waals surface area contributed by atoms with Gasteiger partial charge >= 0.3 is 37.7 Å². The van der Waals surface area contributed by atoms with E-state index in [2.05, 4.69) is 0 Å². The Morgan fingerprint density at radius 1 is 0.824 bits per heavy atom. The summed E-state index contributed by atoms with van der Waals surface area (Å²) in [5.41, 5.74) is 0. The van der Waals surface area contributed by atoms with Gasteiger partial charge in [-0.15, -0.1) is 0 Å². The number of carboxylic acid groups (broad SMARTS) is 2. The first-order valence-corrected chi connectivity index (χ1v) is 6.24. The largest absolute Gasteiger partial charge is 2.00 e. The molecule has 0 aliphatic rings. The Bertz CT molecular complexity index is 454. The molecule has 0 aliphatic heterocycles. The molecule has 2 atom stereocenters. The Labute approximate surface area is 125 Å². The van der Waals surface area contributed by atoms with Gasteiger partial charge in [0.25, 0.3) is 20.2 Å². The van der Waals surface area contributed by atoms with E-state index >= 15 is 0 Å². The van der Waals surface area contributed by atoms with Crippen LogP contribution in [0.4, 0.5) is 0 Å². The Morgan fingerprint density at radius 2 is 1.00 bits per heavy atom. The third kappa shape index (κ3) is 5.46. The molecule has 10 nitrogen and oxygen atoms in total. The molecule has 0 bridgehead atoms. The SMILES string of the molecule is O=C([O-])C(C(C(=O)[O-])S(=O)(=O)O)S(=O)(=O)O.[Ca+2]. The Hall–Kier alpha value is 0.0197. The molecule has 2 unspecified atom stereocenters. The van der Waals surface area contributed by atoms with Crippen LogP contribution in [0.3, 0.4) is 0 Å². The van der Waals surface area contributed by atoms with E-state index in [-0.39, 0.29) is 37.7 Å². The van der Waals surface area contributed by atoms with E-state index in [1.54, 1.807) is 0 Å². The predicted octanol–water partition coefficient (Wildman–Crippen LogP) is -5.38. The van der Waals surface area contributed by atoms with Crippen molar-refractivity contribution in [1.82, 2.24) is 0 Å². The zero-order valence-electron chi connectivity index (χ0n) is 7.84. The number of carbonyl (C=O) groups is 2. The molecule has 0 saturated heterocycles. The zero-order valence-corrected chi connectivity index (χ0v) is 11.7. The molecule has 0 saturated carbocycles. The summed E-state index contributed by atoms with van der Waals surface area (Å²) < 4.78 is 58.4. The van der Waals surface area contributed by atoms with Crippen LogP contribution in [0.1, 0.15) is 0 Å². The van der Waals surface area contributed by atoms with E-state index in [0.717, 1.165) is 0 Å². The fourth-order valence-electron chi connectivity index (χ4n) is 0.803. The van der Waals surface area contributed by atoms with E-state index in [9.17, 15) is 36.6 Å². The summed E-state index contributed by atoms with van der Waals surface area (Å²) in [4.78, 5) is 20.4. The first-order valence-electron chi connectivity index (χ1n) is 3.23. The quantitative estimate of drug-likeness (QED) is 0.365. The van der Waals surface area contributed by atoms with Crippen molar-refractivity contribution in [1.29, 1.82) is 0 Å². The van der Waals surface area contributed by atoms with Crippen LogP contribution >= 0.6 is 0 Å². The van der Waals surface area contributed by atoms with E-state index in [1.165, 1.54) is 0 Å². The molecule has 13 heteroatoms. The second-order valence-corrected chi connectivity index (χ2v) is 5.58. The first kappa shape index (κ1) is 19.4. The second kappa shape index (κ2) is 6.26. The molecular formula is C4H4CaO10S2. The summed E-state index contributed by atoms with van der Waals surface area (Å²) in [6, 6.07) is 0. The van der Waals surface area contributed by atoms with Gasteiger partial charge in [0, 0.05) is 0 Å². The van der Waals surface area contributed by atoms with Crippen LogP contribution in [0.25, 0.3) is 0 Å². The van der Waals surface area contributed by atoms with Crippen LogP contribution in [0, 0.1) is 0 Å². The standard InChI is InChI=1S/C4H6O10S2.Ca/c5-3(6)1(15(9,10)11)2(4(7)8)16(12,13)14;/h1-2H,(H,5,6)(H,7,8)(H,9,10,11)(H,12,13,14);/q;+2/p-2. The Kier molecular flexibility index (Phi) is 7.13. The molecule has 0 aromatic heterocycles. The van der Waals surface area contributed by atoms with Crippen molar-refractivity contribution < 1.29 is 45.7 Å². The number of carbonyl (C=O) groups excluding carboxylic acids is 2. The van der Waals surface area contributed by atoms with E-state index < -0.39 is 42.7 Å². The third-order valence-corrected chi connectivity index (χ3v) is 3.77. The molecule has 0 aromatic rings. The predicted molar refractivity (Wildman–Crippen MR) is 46.4 cm³/mol. The van der Waals surface area contributed by atoms with E-state index in [4.69, 9.17) is 9.11 Å². The maximum Gasteiger partial charge on any atom is 2.00 e. The molecule has 0 aromatic carbocycles. The van der Waals surface area contributed by atoms with Gasteiger partial charge in [0.15, 0.2) is 10.5 Å². The summed E-state index contributed by atoms with van der Waals surface area (Å²) in [6.45, 7) is 0. The van der Waals surface area contributed by atoms with Crippen molar-refractivity contribution in [3.63, 3.8) is 0 Å². The van der Waals surface area contributed by atoms with Crippen LogP contribution in [0.5, 0.6) is 0 Å². The second-order valence-electron chi connectivity index (χ2n) is 2.51. The number of hydrogen-bond donors (Lipinski definition) is 2. The molecule has 0 fully saturated rings. The number of rotatable bonds is 5. The average Bonchev–Trinajstić information content (AvgIpc) is 1.92. The maximum atomic E-state index is 10.4. The molecule has 0 aliphatic carbocycles. The van der Waals surface area contributed by atoms with Gasteiger partial charge < -0.3 is 19.8 Å². The topological polar surface area (TPSA) is 189 Å². The molecule has 2 N–H and O–H groups in total. The molecule has 0 radical (unpaired) electrons. The van der Waals surface area contributed by atoms with Crippen molar-refractivity contribution in [2.75, 3.05) is 0 Å². The van der Waals surface area contributed by atoms with Crippen molar-refractivity contribution in [2.45, 2.75) is 10.5 Å². The van der Waals surface area contributed by atoms with Gasteiger partial charge in [0.2, 0.25) is 0 Å². The smallest absolute Gasteiger partial charge is 0.549 e. The van der Waals surface area contributed by atoms with Crippen molar-refractivity contribution in [3.05, 3.63) is 0 Å². The minimum atomic E-state index is -5.61. The molecular weight excluding hydrogens is 312 g/mol. The van der Waals surface area contributed by atoms with Crippen LogP contribution < -0.4 is 10.2 Å². The fourth-order valence-corrected chi connectivity index (χ4v) is 2.98. The van der Waals surface area contributed by atoms with Crippen molar-refractivity contribution in [3.8, 4) is 0 Å². The fraction of sp³-hybridized carbons (Fsp3) is 0.500. The van der Waals surface area contributed by atoms with E-state index in [0.29, 0.717) is 0 Å². The summed E-state index contributed by atoms with van der Waals surface area (Å²) in [7, 11) is -11.2. The van der Waals surface area contributed by atoms with Crippen molar-refractivity contribution in [2.24, 2.45) is 0 Å². The zero-order chi connectivity index (χ0) is 13.3. The minimum absolute atomic E-state index is 0. The summed E-state index contributed by atoms with van der Waals surface area (Å²) in [5.74, 6) is -5.43. The number of hydrogen-bond acceptors (Lipinski definition) is 8. The van der Waals surface area contributed by atoms with Gasteiger partial charge in [-0.3, -0.25) is 9.11 Å². The Morgan fingerprint density at radius 3 is 1.06 bits per heavy atom. The van der Waals surface area contributed by atoms with E-state index in [1.807, 2.05) is 0 Å². The monoisotopic (exact) mass is 316 g/mol. The molecule has 0 heterocycles. The third-order valence-electron chi connectivity index (χ3n) is 1.38. The molecule has 0 amide bonds. The van der Waals surface area contributed by atoms with Gasteiger partial charge in [-0.05, 0) is 0 Å². The van der Waals surface area contributed by atoms with Gasteiger partial charge in [-0.2, -0.15) is 16.8 Å². The van der Waals surface area contributed by atoms with Gasteiger partial charge in [-0.1, -0.05) is 0 Å². The van der Waals surface area contributed by atoms with Gasteiger partial charge in [0.05, 0.1) is 11.9 Å². The molecule has 94 valence electrons. The number of aliphatic carboxylic acids is 2. The molecule has 0 spiro atoms. The van der Waals surface area contributed by atoms with Gasteiger partial charge in [0.1, 0.15) is 0 Å². The maximum absolute atomic E-state index is 10.4. The first-order chi connectivity index (χ1) is 6.89. The Balaban J connectivity index is 0. The van der Waals surface area contributed by atoms with Crippen LogP contribution in [-0.4, -0.2) is 86.1 Å². The molecule has 17 heavy (non-hydrogen) atoms. The summed E-state index contributed by atoms with van der Waals surface area (Å²) in [6.07, 6.45) is 0. The minimum Gasteiger partial charge on any atom is -0.549 e. The van der Waals surface area contributed by atoms with Crippen LogP contribution in [0.2, 0.25) is 0 Å². The van der Waals surface area contributed by atoms with Crippen LogP contribution in [0.15, 0.2) is 0 Å². The summed E-state index contributed by atoms with van der Waals surface area (Å²) in [5, 5.41) is 13.7. The average molecular weight is 316 g/mol. The number of carboxylic acids is 2. The normalized spacial score (nSPS) is 15.4. The molecule has 0 rings (SSSR count).